The number of fused-ring (bicyclic) bond motifs is 1. The zero-order valence-electron chi connectivity index (χ0n) is 23.3. The Bertz CT molecular complexity index is 1730. The fourth-order valence-corrected chi connectivity index (χ4v) is 6.12. The van der Waals surface area contributed by atoms with Crippen LogP contribution in [0, 0.1) is 20.8 Å². The minimum absolute atomic E-state index is 0.0569. The van der Waals surface area contributed by atoms with Crippen LogP contribution in [0.25, 0.3) is 16.6 Å². The number of hydrogen-bond donors (Lipinski definition) is 2. The number of nitrogens with zero attached hydrogens (tertiary/aromatic N) is 4. The van der Waals surface area contributed by atoms with E-state index in [1.807, 2.05) is 79.9 Å². The molecule has 206 valence electrons. The molecular formula is C33H32N6OS. The molecule has 1 aliphatic rings. The van der Waals surface area contributed by atoms with Crippen molar-refractivity contribution in [1.29, 1.82) is 0 Å². The Labute approximate surface area is 245 Å². The molecule has 0 bridgehead atoms. The van der Waals surface area contributed by atoms with Gasteiger partial charge in [-0.25, -0.2) is 4.98 Å². The summed E-state index contributed by atoms with van der Waals surface area (Å²) in [7, 11) is 0. The Balaban J connectivity index is 1.31. The number of amides is 1. The second-order valence-electron chi connectivity index (χ2n) is 10.5. The molecule has 2 N–H and O–H groups in total. The van der Waals surface area contributed by atoms with E-state index < -0.39 is 0 Å². The van der Waals surface area contributed by atoms with Gasteiger partial charge in [-0.3, -0.25) is 9.78 Å². The molecule has 1 saturated heterocycles. The number of anilines is 1. The Kier molecular flexibility index (Phi) is 7.24. The van der Waals surface area contributed by atoms with E-state index in [0.29, 0.717) is 11.7 Å². The predicted octanol–water partition coefficient (Wildman–Crippen LogP) is 6.35. The van der Waals surface area contributed by atoms with Crippen LogP contribution in [0.4, 0.5) is 5.69 Å². The Morgan fingerprint density at radius 2 is 1.78 bits per heavy atom. The first kappa shape index (κ1) is 26.7. The quantitative estimate of drug-likeness (QED) is 0.226. The monoisotopic (exact) mass is 560 g/mol. The van der Waals surface area contributed by atoms with Crippen LogP contribution in [0.2, 0.25) is 0 Å². The Hall–Kier alpha value is -4.56. The SMILES string of the molecule is Cc1ccc(-n2c(C)cc([C@H]3[C@H](c4ccccn4)NC(=S)N3CCC(=O)Nc3cccc4ccccc34)c2C)nc1. The average molecular weight is 561 g/mol. The number of carbonyl (C=O) groups excluding carboxylic acids is 1. The van der Waals surface area contributed by atoms with Gasteiger partial charge in [-0.1, -0.05) is 48.5 Å². The van der Waals surface area contributed by atoms with Gasteiger partial charge in [0, 0.05) is 47.8 Å². The lowest BCUT2D eigenvalue weighted by molar-refractivity contribution is -0.116. The van der Waals surface area contributed by atoms with Gasteiger partial charge in [-0.2, -0.15) is 0 Å². The van der Waals surface area contributed by atoms with E-state index in [4.69, 9.17) is 12.2 Å². The average Bonchev–Trinajstić information content (AvgIpc) is 3.47. The number of nitrogens with one attached hydrogen (secondary N) is 2. The third-order valence-electron chi connectivity index (χ3n) is 7.76. The minimum Gasteiger partial charge on any atom is -0.352 e. The van der Waals surface area contributed by atoms with Gasteiger partial charge in [0.1, 0.15) is 5.82 Å². The summed E-state index contributed by atoms with van der Waals surface area (Å²) in [6.07, 6.45) is 3.98. The molecule has 4 heterocycles. The Morgan fingerprint density at radius 3 is 2.56 bits per heavy atom. The van der Waals surface area contributed by atoms with Crippen molar-refractivity contribution >= 4 is 39.7 Å². The molecule has 5 aromatic rings. The summed E-state index contributed by atoms with van der Waals surface area (Å²) in [6.45, 7) is 6.71. The van der Waals surface area contributed by atoms with Crippen molar-refractivity contribution in [3.63, 3.8) is 0 Å². The highest BCUT2D eigenvalue weighted by molar-refractivity contribution is 7.80. The van der Waals surface area contributed by atoms with Crippen LogP contribution in [0.5, 0.6) is 0 Å². The van der Waals surface area contributed by atoms with E-state index in [-0.39, 0.29) is 24.4 Å². The van der Waals surface area contributed by atoms with E-state index in [2.05, 4.69) is 56.0 Å². The first-order chi connectivity index (χ1) is 19.9. The molecule has 2 aromatic carbocycles. The Morgan fingerprint density at radius 1 is 0.976 bits per heavy atom. The van der Waals surface area contributed by atoms with E-state index in [9.17, 15) is 4.79 Å². The highest BCUT2D eigenvalue weighted by Crippen LogP contribution is 2.41. The molecular weight excluding hydrogens is 528 g/mol. The second-order valence-corrected chi connectivity index (χ2v) is 10.9. The fraction of sp³-hybridized carbons (Fsp3) is 0.212. The third-order valence-corrected chi connectivity index (χ3v) is 8.11. The zero-order valence-corrected chi connectivity index (χ0v) is 24.2. The number of rotatable bonds is 7. The summed E-state index contributed by atoms with van der Waals surface area (Å²) in [5, 5.41) is 9.35. The number of thiocarbonyl (C=S) groups is 1. The molecule has 0 unspecified atom stereocenters. The summed E-state index contributed by atoms with van der Waals surface area (Å²) in [5.41, 5.74) is 6.13. The highest BCUT2D eigenvalue weighted by atomic mass is 32.1. The van der Waals surface area contributed by atoms with Gasteiger partial charge in [0.2, 0.25) is 5.91 Å². The van der Waals surface area contributed by atoms with Gasteiger partial charge in [-0.05, 0) is 79.8 Å². The third kappa shape index (κ3) is 5.18. The summed E-state index contributed by atoms with van der Waals surface area (Å²) in [5.74, 6) is 0.819. The first-order valence-electron chi connectivity index (χ1n) is 13.8. The molecule has 1 amide bonds. The van der Waals surface area contributed by atoms with Crippen molar-refractivity contribution in [2.75, 3.05) is 11.9 Å². The first-order valence-corrected chi connectivity index (χ1v) is 14.2. The van der Waals surface area contributed by atoms with Crippen molar-refractivity contribution < 1.29 is 4.79 Å². The molecule has 41 heavy (non-hydrogen) atoms. The largest absolute Gasteiger partial charge is 0.352 e. The molecule has 1 aliphatic heterocycles. The van der Waals surface area contributed by atoms with Crippen molar-refractivity contribution in [1.82, 2.24) is 24.8 Å². The number of benzene rings is 2. The van der Waals surface area contributed by atoms with Gasteiger partial charge < -0.3 is 20.1 Å². The van der Waals surface area contributed by atoms with Crippen LogP contribution < -0.4 is 10.6 Å². The van der Waals surface area contributed by atoms with Gasteiger partial charge in [-0.15, -0.1) is 0 Å². The lowest BCUT2D eigenvalue weighted by Crippen LogP contribution is -2.33. The highest BCUT2D eigenvalue weighted by Gasteiger charge is 2.41. The standard InChI is InChI=1S/C33H32N6OS/c1-21-14-15-29(35-20-21)39-22(2)19-26(23(39)3)32-31(28-12-6-7-17-34-28)37-33(41)38(32)18-16-30(40)36-27-13-8-10-24-9-4-5-11-25(24)27/h4-15,17,19-20,31-32H,16,18H2,1-3H3,(H,36,40)(H,37,41)/t31-,32-/m0/s1. The molecule has 0 radical (unpaired) electrons. The summed E-state index contributed by atoms with van der Waals surface area (Å²) < 4.78 is 2.18. The number of aromatic nitrogens is 3. The van der Waals surface area contributed by atoms with Crippen molar-refractivity contribution in [2.45, 2.75) is 39.3 Å². The lowest BCUT2D eigenvalue weighted by atomic mass is 9.96. The van der Waals surface area contributed by atoms with Crippen LogP contribution in [-0.2, 0) is 4.79 Å². The number of carbonyl (C=O) groups is 1. The molecule has 6 rings (SSSR count). The van der Waals surface area contributed by atoms with Crippen molar-refractivity contribution in [2.24, 2.45) is 0 Å². The lowest BCUT2D eigenvalue weighted by Gasteiger charge is -2.28. The number of hydrogen-bond acceptors (Lipinski definition) is 4. The van der Waals surface area contributed by atoms with Crippen molar-refractivity contribution in [3.8, 4) is 5.82 Å². The molecule has 2 atom stereocenters. The fourth-order valence-electron chi connectivity index (χ4n) is 5.79. The van der Waals surface area contributed by atoms with E-state index in [1.54, 1.807) is 6.20 Å². The predicted molar refractivity (Wildman–Crippen MR) is 167 cm³/mol. The molecule has 1 fully saturated rings. The van der Waals surface area contributed by atoms with Gasteiger partial charge in [0.05, 0.1) is 17.8 Å². The minimum atomic E-state index is -0.162. The molecule has 0 saturated carbocycles. The van der Waals surface area contributed by atoms with Crippen LogP contribution in [0.1, 0.15) is 46.7 Å². The molecule has 0 aliphatic carbocycles. The maximum Gasteiger partial charge on any atom is 0.226 e. The zero-order chi connectivity index (χ0) is 28.5. The number of pyridine rings is 2. The van der Waals surface area contributed by atoms with Gasteiger partial charge >= 0.3 is 0 Å². The van der Waals surface area contributed by atoms with Crippen LogP contribution in [0.3, 0.4) is 0 Å². The molecule has 0 spiro atoms. The van der Waals surface area contributed by atoms with Crippen molar-refractivity contribution in [3.05, 3.63) is 119 Å². The molecule has 8 heteroatoms. The van der Waals surface area contributed by atoms with Crippen LogP contribution in [-0.4, -0.2) is 37.0 Å². The van der Waals surface area contributed by atoms with Crippen LogP contribution in [0.15, 0.2) is 91.3 Å². The van der Waals surface area contributed by atoms with Crippen LogP contribution >= 0.6 is 12.2 Å². The van der Waals surface area contributed by atoms with Gasteiger partial charge in [0.15, 0.2) is 5.11 Å². The molecule has 7 nitrogen and oxygen atoms in total. The summed E-state index contributed by atoms with van der Waals surface area (Å²) in [4.78, 5) is 24.7. The topological polar surface area (TPSA) is 75.1 Å². The maximum absolute atomic E-state index is 13.2. The molecule has 3 aromatic heterocycles. The summed E-state index contributed by atoms with van der Waals surface area (Å²) >= 11 is 5.87. The van der Waals surface area contributed by atoms with E-state index in [0.717, 1.165) is 50.5 Å². The smallest absolute Gasteiger partial charge is 0.226 e. The summed E-state index contributed by atoms with van der Waals surface area (Å²) in [6, 6.07) is 25.9. The second kappa shape index (κ2) is 11.1. The normalized spacial score (nSPS) is 16.7. The van der Waals surface area contributed by atoms with E-state index in [1.165, 1.54) is 0 Å². The van der Waals surface area contributed by atoms with Gasteiger partial charge in [0.25, 0.3) is 0 Å². The maximum atomic E-state index is 13.2. The van der Waals surface area contributed by atoms with E-state index >= 15 is 0 Å². The number of aryl methyl sites for hydroxylation is 2.